The molecule has 7 N–H and O–H groups in total. The topological polar surface area (TPSA) is 170 Å². The van der Waals surface area contributed by atoms with Crippen LogP contribution in [0.5, 0.6) is 5.75 Å². The number of halogens is 3. The van der Waals surface area contributed by atoms with E-state index in [9.17, 15) is 48.0 Å². The van der Waals surface area contributed by atoms with Crippen LogP contribution in [0.3, 0.4) is 0 Å². The lowest BCUT2D eigenvalue weighted by atomic mass is 9.45. The van der Waals surface area contributed by atoms with Gasteiger partial charge in [-0.2, -0.15) is 13.2 Å². The van der Waals surface area contributed by atoms with Gasteiger partial charge < -0.3 is 31.5 Å². The van der Waals surface area contributed by atoms with E-state index in [0.29, 0.717) is 24.3 Å². The molecule has 232 valence electrons. The van der Waals surface area contributed by atoms with Crippen LogP contribution in [-0.4, -0.2) is 50.0 Å². The molecule has 1 amide bonds. The Kier molecular flexibility index (Phi) is 6.60. The van der Waals surface area contributed by atoms with E-state index in [1.807, 2.05) is 0 Å². The van der Waals surface area contributed by atoms with Crippen molar-refractivity contribution in [3.8, 4) is 5.75 Å². The lowest BCUT2D eigenvalue weighted by Gasteiger charge is -2.60. The second kappa shape index (κ2) is 9.56. The highest BCUT2D eigenvalue weighted by Crippen LogP contribution is 2.61. The molecule has 0 saturated heterocycles. The Hall–Kier alpha value is -3.38. The summed E-state index contributed by atoms with van der Waals surface area (Å²) in [5.41, 5.74) is -0.966. The van der Waals surface area contributed by atoms with Gasteiger partial charge in [-0.25, -0.2) is 0 Å². The van der Waals surface area contributed by atoms with Gasteiger partial charge in [0.1, 0.15) is 22.8 Å². The van der Waals surface area contributed by atoms with E-state index in [-0.39, 0.29) is 29.5 Å². The number of ketones is 2. The average molecular weight is 605 g/mol. The summed E-state index contributed by atoms with van der Waals surface area (Å²) in [4.78, 5) is 37.9. The minimum atomic E-state index is -4.86. The molecule has 0 spiro atoms. The van der Waals surface area contributed by atoms with E-state index in [0.717, 1.165) is 25.3 Å². The second-order valence-corrected chi connectivity index (χ2v) is 13.5. The molecular weight excluding hydrogens is 569 g/mol. The van der Waals surface area contributed by atoms with Gasteiger partial charge in [0, 0.05) is 24.5 Å². The third kappa shape index (κ3) is 4.16. The van der Waals surface area contributed by atoms with Gasteiger partial charge in [0.15, 0.2) is 11.4 Å². The maximum absolute atomic E-state index is 14.7. The van der Waals surface area contributed by atoms with Crippen molar-refractivity contribution in [2.45, 2.75) is 70.7 Å². The largest absolute Gasteiger partial charge is 0.508 e. The maximum atomic E-state index is 14.7. The molecule has 43 heavy (non-hydrogen) atoms. The van der Waals surface area contributed by atoms with Gasteiger partial charge in [0.05, 0.1) is 11.1 Å². The van der Waals surface area contributed by atoms with Gasteiger partial charge in [0.2, 0.25) is 5.78 Å². The molecule has 6 atom stereocenters. The summed E-state index contributed by atoms with van der Waals surface area (Å²) in [5.74, 6) is -7.16. The maximum Gasteiger partial charge on any atom is 0.417 e. The number of carbonyl (C=O) groups is 3. The summed E-state index contributed by atoms with van der Waals surface area (Å²) < 4.78 is 44.0. The Morgan fingerprint density at radius 2 is 1.79 bits per heavy atom. The molecule has 3 unspecified atom stereocenters. The number of benzene rings is 1. The number of carbonyl (C=O) groups excluding carboxylic acids is 3. The summed E-state index contributed by atoms with van der Waals surface area (Å²) in [6.07, 6.45) is -2.85. The fourth-order valence-corrected chi connectivity index (χ4v) is 8.85. The monoisotopic (exact) mass is 604 g/mol. The van der Waals surface area contributed by atoms with Crippen molar-refractivity contribution in [1.82, 2.24) is 5.32 Å². The van der Waals surface area contributed by atoms with E-state index in [1.165, 1.54) is 0 Å². The molecule has 2 bridgehead atoms. The molecule has 6 aliphatic carbocycles. The van der Waals surface area contributed by atoms with Gasteiger partial charge in [-0.15, -0.1) is 0 Å². The molecule has 1 aromatic carbocycles. The lowest BCUT2D eigenvalue weighted by molar-refractivity contribution is -0.147. The molecule has 0 heterocycles. The van der Waals surface area contributed by atoms with Crippen LogP contribution in [0.15, 0.2) is 23.0 Å². The van der Waals surface area contributed by atoms with E-state index in [2.05, 4.69) is 19.2 Å². The zero-order valence-corrected chi connectivity index (χ0v) is 23.8. The van der Waals surface area contributed by atoms with E-state index < -0.39 is 93.5 Å². The predicted molar refractivity (Wildman–Crippen MR) is 146 cm³/mol. The minimum absolute atomic E-state index is 0.171. The van der Waals surface area contributed by atoms with Crippen LogP contribution < -0.4 is 11.1 Å². The van der Waals surface area contributed by atoms with Gasteiger partial charge >= 0.3 is 6.18 Å². The smallest absolute Gasteiger partial charge is 0.417 e. The molecule has 4 saturated carbocycles. The number of aliphatic hydroxyl groups excluding tert-OH is 2. The molecule has 0 aliphatic heterocycles. The zero-order valence-electron chi connectivity index (χ0n) is 23.8. The highest BCUT2D eigenvalue weighted by molar-refractivity contribution is 6.22. The first-order valence-corrected chi connectivity index (χ1v) is 14.6. The molecule has 0 radical (unpaired) electrons. The Balaban J connectivity index is 1.37. The van der Waals surface area contributed by atoms with Crippen LogP contribution in [0.1, 0.15) is 68.2 Å². The normalized spacial score (nSPS) is 33.0. The SMILES string of the molecule is CC1(C)C2CC[C@H](CNCc3cc(O)c4c(c3C(F)(F)F)CC3C[C@H]5CC(=O)C(C(N)=O)=C(O)[C@@]5(O)C(=O)C3=C4O)C1C2. The second-order valence-electron chi connectivity index (χ2n) is 13.5. The van der Waals surface area contributed by atoms with Crippen LogP contribution >= 0.6 is 0 Å². The highest BCUT2D eigenvalue weighted by Gasteiger charge is 2.61. The summed E-state index contributed by atoms with van der Waals surface area (Å²) >= 11 is 0. The first-order valence-electron chi connectivity index (χ1n) is 14.6. The van der Waals surface area contributed by atoms with Crippen LogP contribution in [0.25, 0.3) is 5.76 Å². The Morgan fingerprint density at radius 1 is 1.09 bits per heavy atom. The first-order chi connectivity index (χ1) is 20.0. The van der Waals surface area contributed by atoms with Crippen LogP contribution in [0, 0.1) is 35.0 Å². The number of hydrogen-bond acceptors (Lipinski definition) is 8. The number of amides is 1. The van der Waals surface area contributed by atoms with Crippen LogP contribution in [0.2, 0.25) is 0 Å². The third-order valence-electron chi connectivity index (χ3n) is 11.2. The quantitative estimate of drug-likeness (QED) is 0.277. The minimum Gasteiger partial charge on any atom is -0.508 e. The lowest BCUT2D eigenvalue weighted by Crippen LogP contribution is -2.58. The Labute approximate surface area is 245 Å². The number of fused-ring (bicyclic) bond motifs is 5. The van der Waals surface area contributed by atoms with Gasteiger partial charge in [0.25, 0.3) is 5.91 Å². The predicted octanol–water partition coefficient (Wildman–Crippen LogP) is 3.60. The Bertz CT molecular complexity index is 1530. The molecule has 0 aromatic heterocycles. The number of aliphatic hydroxyl groups is 3. The van der Waals surface area contributed by atoms with E-state index in [1.54, 1.807) is 0 Å². The molecular formula is C31H35F3N2O7. The van der Waals surface area contributed by atoms with Gasteiger partial charge in [-0.3, -0.25) is 14.4 Å². The number of aromatic hydroxyl groups is 1. The fraction of sp³-hybridized carbons (Fsp3) is 0.581. The van der Waals surface area contributed by atoms with E-state index >= 15 is 0 Å². The number of nitrogens with two attached hydrogens (primary N) is 1. The number of phenolic OH excluding ortho intramolecular Hbond substituents is 1. The van der Waals surface area contributed by atoms with Crippen LogP contribution in [0.4, 0.5) is 13.2 Å². The summed E-state index contributed by atoms with van der Waals surface area (Å²) in [5, 5.41) is 47.2. The fourth-order valence-electron chi connectivity index (χ4n) is 8.85. The first kappa shape index (κ1) is 29.7. The van der Waals surface area contributed by atoms with Crippen molar-refractivity contribution >= 4 is 23.2 Å². The van der Waals surface area contributed by atoms with Crippen molar-refractivity contribution in [2.24, 2.45) is 40.7 Å². The van der Waals surface area contributed by atoms with Crippen molar-refractivity contribution in [3.63, 3.8) is 0 Å². The number of phenols is 1. The van der Waals surface area contributed by atoms with E-state index in [4.69, 9.17) is 5.73 Å². The standard InChI is InChI=1S/C31H35F3N2O7/c1-29(2)15-4-3-12(18(29)8-15)10-36-11-14-7-19(37)22-17(24(14)31(32,33)34)6-13-5-16-9-20(38)23(28(35)42)27(41)30(16,43)26(40)21(13)25(22)39/h7,12-13,15-16,18,36-37,39,41,43H,3-6,8-11H2,1-2H3,(H2,35,42)/t12-,13?,15?,16+,18?,30+/m1/s1. The van der Waals surface area contributed by atoms with Gasteiger partial charge in [-0.05, 0) is 84.9 Å². The molecule has 12 heteroatoms. The zero-order chi connectivity index (χ0) is 31.4. The Morgan fingerprint density at radius 3 is 2.40 bits per heavy atom. The van der Waals surface area contributed by atoms with Crippen molar-refractivity contribution < 1.29 is 48.0 Å². The summed E-state index contributed by atoms with van der Waals surface area (Å²) in [7, 11) is 0. The third-order valence-corrected chi connectivity index (χ3v) is 11.2. The molecule has 6 aliphatic rings. The summed E-state index contributed by atoms with van der Waals surface area (Å²) in [6, 6.07) is 0.933. The molecule has 9 nitrogen and oxygen atoms in total. The number of primary amides is 1. The average Bonchev–Trinajstić information content (AvgIpc) is 2.89. The van der Waals surface area contributed by atoms with Crippen molar-refractivity contribution in [3.05, 3.63) is 45.2 Å². The number of hydrogen-bond donors (Lipinski definition) is 6. The number of rotatable bonds is 5. The highest BCUT2D eigenvalue weighted by atomic mass is 19.4. The number of alkyl halides is 3. The molecule has 1 aromatic rings. The van der Waals surface area contributed by atoms with Crippen molar-refractivity contribution in [1.29, 1.82) is 0 Å². The van der Waals surface area contributed by atoms with Gasteiger partial charge in [-0.1, -0.05) is 13.8 Å². The van der Waals surface area contributed by atoms with Crippen molar-refractivity contribution in [2.75, 3.05) is 6.54 Å². The van der Waals surface area contributed by atoms with Crippen LogP contribution in [-0.2, 0) is 33.5 Å². The number of nitrogens with one attached hydrogen (secondary N) is 1. The molecule has 7 rings (SSSR count). The summed E-state index contributed by atoms with van der Waals surface area (Å²) in [6.45, 7) is 4.84. The molecule has 4 fully saturated rings. The number of Topliss-reactive ketones (excluding diaryl/α,β-unsaturated/α-hetero) is 2.